The zero-order chi connectivity index (χ0) is 14.9. The molecule has 0 radical (unpaired) electrons. The third-order valence-corrected chi connectivity index (χ3v) is 4.00. The highest BCUT2D eigenvalue weighted by Crippen LogP contribution is 2.30. The number of halogens is 3. The number of anilines is 1. The highest BCUT2D eigenvalue weighted by atomic mass is 79.9. The van der Waals surface area contributed by atoms with Gasteiger partial charge in [0.25, 0.3) is 5.91 Å². The molecule has 1 amide bonds. The minimum Gasteiger partial charge on any atom is -0.507 e. The average molecular weight is 375 g/mol. The van der Waals surface area contributed by atoms with Gasteiger partial charge in [-0.2, -0.15) is 0 Å². The van der Waals surface area contributed by atoms with E-state index in [1.165, 1.54) is 18.2 Å². The number of phenols is 1. The van der Waals surface area contributed by atoms with Crippen LogP contribution in [0.3, 0.4) is 0 Å². The Bertz CT molecular complexity index is 689. The van der Waals surface area contributed by atoms with Gasteiger partial charge in [0, 0.05) is 14.5 Å². The number of nitrogens with one attached hydrogen (secondary N) is 1. The highest BCUT2D eigenvalue weighted by molar-refractivity contribution is 9.10. The predicted octanol–water partition coefficient (Wildman–Crippen LogP) is 5.02. The fourth-order valence-electron chi connectivity index (χ4n) is 1.63. The van der Waals surface area contributed by atoms with E-state index in [0.717, 1.165) is 5.56 Å². The summed E-state index contributed by atoms with van der Waals surface area (Å²) in [6.07, 6.45) is 0. The van der Waals surface area contributed by atoms with Gasteiger partial charge < -0.3 is 10.4 Å². The second-order valence-corrected chi connectivity index (χ2v) is 5.89. The van der Waals surface area contributed by atoms with Crippen LogP contribution in [0.2, 0.25) is 10.0 Å². The van der Waals surface area contributed by atoms with Crippen molar-refractivity contribution in [3.63, 3.8) is 0 Å². The van der Waals surface area contributed by atoms with Crippen LogP contribution in [0, 0.1) is 6.92 Å². The van der Waals surface area contributed by atoms with Gasteiger partial charge in [0.2, 0.25) is 0 Å². The smallest absolute Gasteiger partial charge is 0.259 e. The Labute approximate surface area is 134 Å². The van der Waals surface area contributed by atoms with E-state index in [-0.39, 0.29) is 11.3 Å². The molecule has 2 aromatic rings. The van der Waals surface area contributed by atoms with Crippen molar-refractivity contribution in [2.75, 3.05) is 5.32 Å². The van der Waals surface area contributed by atoms with Gasteiger partial charge in [-0.3, -0.25) is 4.79 Å². The van der Waals surface area contributed by atoms with E-state index in [9.17, 15) is 9.90 Å². The van der Waals surface area contributed by atoms with Crippen molar-refractivity contribution >= 4 is 50.7 Å². The highest BCUT2D eigenvalue weighted by Gasteiger charge is 2.14. The summed E-state index contributed by atoms with van der Waals surface area (Å²) in [6.45, 7) is 1.86. The first-order chi connectivity index (χ1) is 9.38. The lowest BCUT2D eigenvalue weighted by Gasteiger charge is -2.10. The van der Waals surface area contributed by atoms with Gasteiger partial charge in [-0.15, -0.1) is 0 Å². The third kappa shape index (κ3) is 3.26. The minimum atomic E-state index is -0.445. The van der Waals surface area contributed by atoms with Crippen molar-refractivity contribution in [1.29, 1.82) is 0 Å². The summed E-state index contributed by atoms with van der Waals surface area (Å²) in [7, 11) is 0. The van der Waals surface area contributed by atoms with Crippen LogP contribution >= 0.6 is 39.1 Å². The first-order valence-electron chi connectivity index (χ1n) is 5.64. The van der Waals surface area contributed by atoms with Gasteiger partial charge in [0.1, 0.15) is 5.75 Å². The van der Waals surface area contributed by atoms with Crippen molar-refractivity contribution in [2.45, 2.75) is 6.92 Å². The van der Waals surface area contributed by atoms with Crippen LogP contribution in [0.4, 0.5) is 5.69 Å². The van der Waals surface area contributed by atoms with Gasteiger partial charge in [-0.1, -0.05) is 23.2 Å². The van der Waals surface area contributed by atoms with Crippen molar-refractivity contribution in [1.82, 2.24) is 0 Å². The molecule has 0 fully saturated rings. The molecule has 0 aromatic heterocycles. The second-order valence-electron chi connectivity index (χ2n) is 4.20. The monoisotopic (exact) mass is 373 g/mol. The lowest BCUT2D eigenvalue weighted by atomic mass is 10.1. The summed E-state index contributed by atoms with van der Waals surface area (Å²) in [6, 6.07) is 7.75. The van der Waals surface area contributed by atoms with Crippen LogP contribution < -0.4 is 5.32 Å². The first kappa shape index (κ1) is 15.2. The summed E-state index contributed by atoms with van der Waals surface area (Å²) in [4.78, 5) is 12.1. The Morgan fingerprint density at radius 2 is 1.95 bits per heavy atom. The minimum absolute atomic E-state index is 0.137. The fourth-order valence-corrected chi connectivity index (χ4v) is 2.52. The Morgan fingerprint density at radius 3 is 2.60 bits per heavy atom. The second kappa shape index (κ2) is 6.04. The van der Waals surface area contributed by atoms with Gasteiger partial charge >= 0.3 is 0 Å². The topological polar surface area (TPSA) is 49.3 Å². The van der Waals surface area contributed by atoms with E-state index < -0.39 is 5.91 Å². The summed E-state index contributed by atoms with van der Waals surface area (Å²) < 4.78 is 0.709. The van der Waals surface area contributed by atoms with Crippen molar-refractivity contribution in [3.05, 3.63) is 56.0 Å². The fraction of sp³-hybridized carbons (Fsp3) is 0.0714. The van der Waals surface area contributed by atoms with Crippen LogP contribution in [0.15, 0.2) is 34.8 Å². The SMILES string of the molecule is Cc1cc(Br)c(NC(=O)c2ccc(Cl)cc2O)cc1Cl. The lowest BCUT2D eigenvalue weighted by molar-refractivity contribution is 0.102. The molecule has 0 aliphatic heterocycles. The Kier molecular flexibility index (Phi) is 4.58. The first-order valence-corrected chi connectivity index (χ1v) is 7.19. The average Bonchev–Trinajstić information content (AvgIpc) is 2.35. The summed E-state index contributed by atoms with van der Waals surface area (Å²) in [5, 5.41) is 13.3. The third-order valence-electron chi connectivity index (χ3n) is 2.70. The molecule has 0 saturated carbocycles. The molecule has 3 nitrogen and oxygen atoms in total. The number of amides is 1. The van der Waals surface area contributed by atoms with E-state index in [1.807, 2.05) is 6.92 Å². The van der Waals surface area contributed by atoms with Crippen molar-refractivity contribution in [2.24, 2.45) is 0 Å². The molecule has 0 aliphatic carbocycles. The largest absolute Gasteiger partial charge is 0.507 e. The molecule has 0 bridgehead atoms. The maximum atomic E-state index is 12.1. The van der Waals surface area contributed by atoms with Crippen LogP contribution in [0.5, 0.6) is 5.75 Å². The quantitative estimate of drug-likeness (QED) is 0.775. The van der Waals surface area contributed by atoms with Gasteiger partial charge in [-0.05, 0) is 58.7 Å². The molecule has 6 heteroatoms. The number of hydrogen-bond acceptors (Lipinski definition) is 2. The summed E-state index contributed by atoms with van der Waals surface area (Å²) in [5.41, 5.74) is 1.56. The lowest BCUT2D eigenvalue weighted by Crippen LogP contribution is -2.12. The maximum absolute atomic E-state index is 12.1. The molecule has 104 valence electrons. The van der Waals surface area contributed by atoms with Crippen LogP contribution in [0.25, 0.3) is 0 Å². The number of phenolic OH excluding ortho intramolecular Hbond substituents is 1. The van der Waals surface area contributed by atoms with Crippen LogP contribution in [0.1, 0.15) is 15.9 Å². The van der Waals surface area contributed by atoms with Crippen LogP contribution in [-0.2, 0) is 0 Å². The Morgan fingerprint density at radius 1 is 1.25 bits per heavy atom. The van der Waals surface area contributed by atoms with Crippen molar-refractivity contribution in [3.8, 4) is 5.75 Å². The predicted molar refractivity (Wildman–Crippen MR) is 85.0 cm³/mol. The maximum Gasteiger partial charge on any atom is 0.259 e. The van der Waals surface area contributed by atoms with E-state index in [2.05, 4.69) is 21.2 Å². The van der Waals surface area contributed by atoms with Gasteiger partial charge in [-0.25, -0.2) is 0 Å². The number of aryl methyl sites for hydroxylation is 1. The molecule has 20 heavy (non-hydrogen) atoms. The van der Waals surface area contributed by atoms with E-state index in [0.29, 0.717) is 20.2 Å². The number of carbonyl (C=O) groups is 1. The molecule has 2 aromatic carbocycles. The molecule has 0 heterocycles. The normalized spacial score (nSPS) is 10.4. The zero-order valence-electron chi connectivity index (χ0n) is 10.4. The number of rotatable bonds is 2. The molecular weight excluding hydrogens is 365 g/mol. The molecule has 2 rings (SSSR count). The zero-order valence-corrected chi connectivity index (χ0v) is 13.5. The molecule has 0 unspecified atom stereocenters. The van der Waals surface area contributed by atoms with E-state index >= 15 is 0 Å². The molecule has 0 aliphatic rings. The molecular formula is C14H10BrCl2NO2. The van der Waals surface area contributed by atoms with Gasteiger partial charge in [0.15, 0.2) is 0 Å². The number of hydrogen-bond donors (Lipinski definition) is 2. The van der Waals surface area contributed by atoms with Crippen LogP contribution in [-0.4, -0.2) is 11.0 Å². The molecule has 2 N–H and O–H groups in total. The van der Waals surface area contributed by atoms with E-state index in [1.54, 1.807) is 12.1 Å². The summed E-state index contributed by atoms with van der Waals surface area (Å²) in [5.74, 6) is -0.621. The standard InChI is InChI=1S/C14H10BrCl2NO2/c1-7-4-10(15)12(6-11(7)17)18-14(20)9-3-2-8(16)5-13(9)19/h2-6,19H,1H3,(H,18,20). The summed E-state index contributed by atoms with van der Waals surface area (Å²) >= 11 is 15.1. The Balaban J connectivity index is 2.30. The van der Waals surface area contributed by atoms with Crippen molar-refractivity contribution < 1.29 is 9.90 Å². The number of aromatic hydroxyl groups is 1. The number of benzene rings is 2. The Hall–Kier alpha value is -1.23. The molecule has 0 atom stereocenters. The van der Waals surface area contributed by atoms with Gasteiger partial charge in [0.05, 0.1) is 11.3 Å². The van der Waals surface area contributed by atoms with E-state index in [4.69, 9.17) is 23.2 Å². The number of carbonyl (C=O) groups excluding carboxylic acids is 1. The molecule has 0 saturated heterocycles. The molecule has 0 spiro atoms.